The number of benzene rings is 5. The molecule has 0 amide bonds. The molecule has 1 fully saturated rings. The maximum absolute atomic E-state index is 11.4. The number of H-pyrrole nitrogens is 1. The van der Waals surface area contributed by atoms with Crippen molar-refractivity contribution >= 4 is 100 Å². The van der Waals surface area contributed by atoms with Crippen LogP contribution in [0.15, 0.2) is 152 Å². The third-order valence-corrected chi connectivity index (χ3v) is 7.95. The van der Waals surface area contributed by atoms with Crippen molar-refractivity contribution < 1.29 is 38.9 Å². The van der Waals surface area contributed by atoms with Crippen LogP contribution in [0.3, 0.4) is 0 Å². The molecule has 0 atom stereocenters. The minimum absolute atomic E-state index is 0. The van der Waals surface area contributed by atoms with E-state index in [9.17, 15) is 24.0 Å². The van der Waals surface area contributed by atoms with Gasteiger partial charge < -0.3 is 25.4 Å². The van der Waals surface area contributed by atoms with E-state index in [2.05, 4.69) is 15.1 Å². The summed E-state index contributed by atoms with van der Waals surface area (Å²) in [6.07, 6.45) is 2.87. The molecule has 0 aliphatic carbocycles. The molecule has 0 unspecified atom stereocenters. The first kappa shape index (κ1) is 74.8. The average molecular weight is 1080 g/mol. The number of aromatic amines is 1. The van der Waals surface area contributed by atoms with Crippen molar-refractivity contribution in [2.24, 2.45) is 5.84 Å². The lowest BCUT2D eigenvalue weighted by Crippen LogP contribution is -2.17. The van der Waals surface area contributed by atoms with Gasteiger partial charge in [0, 0.05) is 60.0 Å². The van der Waals surface area contributed by atoms with Crippen molar-refractivity contribution in [3.05, 3.63) is 163 Å². The van der Waals surface area contributed by atoms with E-state index in [0.717, 1.165) is 33.4 Å². The summed E-state index contributed by atoms with van der Waals surface area (Å²) in [6, 6.07) is 48.6. The highest BCUT2D eigenvalue weighted by Gasteiger charge is 2.16. The fourth-order valence-corrected chi connectivity index (χ4v) is 5.24. The Morgan fingerprint density at radius 1 is 0.592 bits per heavy atom. The number of hydrazine groups is 1. The lowest BCUT2D eigenvalue weighted by Gasteiger charge is -2.06. The van der Waals surface area contributed by atoms with Gasteiger partial charge in [-0.1, -0.05) is 203 Å². The van der Waals surface area contributed by atoms with Crippen LogP contribution in [-0.2, 0) is 30.3 Å². The first-order valence-electron chi connectivity index (χ1n) is 23.8. The number of fused-ring (bicyclic) bond motifs is 1. The number of cyclic esters (lactones) is 2. The molecular weight excluding hydrogens is 999 g/mol. The number of nitrogens with two attached hydrogens (primary N) is 1. The number of para-hydroxylation sites is 2. The molecule has 1 aromatic heterocycles. The van der Waals surface area contributed by atoms with Gasteiger partial charge in [-0.15, -0.1) is 12.4 Å². The van der Waals surface area contributed by atoms with E-state index < -0.39 is 23.3 Å². The van der Waals surface area contributed by atoms with Gasteiger partial charge >= 0.3 is 35.3 Å². The summed E-state index contributed by atoms with van der Waals surface area (Å²) >= 11 is -1.72. The van der Waals surface area contributed by atoms with Crippen LogP contribution in [-0.4, -0.2) is 56.2 Å². The number of aromatic nitrogens is 1. The second kappa shape index (κ2) is 54.2. The Labute approximate surface area is 447 Å². The Morgan fingerprint density at radius 2 is 0.972 bits per heavy atom. The van der Waals surface area contributed by atoms with E-state index in [1.165, 1.54) is 0 Å². The lowest BCUT2D eigenvalue weighted by atomic mass is 10.0. The van der Waals surface area contributed by atoms with Gasteiger partial charge in [-0.25, -0.2) is 30.1 Å². The molecule has 0 saturated carbocycles. The van der Waals surface area contributed by atoms with Crippen molar-refractivity contribution in [2.45, 2.75) is 121 Å². The number of hydrogen-bond acceptors (Lipinski definition) is 8. The standard InChI is InChI=1S/C17H15NO2.C11H12O3.C6H8N2.C6H6.C5H6O3.5C2H6.Al.4ClH/c19-16(20)11-10-14-13-8-4-5-9-15(13)18-17(14)12-6-2-1-3-7-12;12-10(7-4-8-11(13)14)9-5-2-1-3-6-9;7-8-6-4-2-1-3-5-6;1-2-4-6-5-3-1;6-4-2-1-3-5(7)8-4;5*1-2;;;;;/h1-9,18H,10-11H2,(H,19,20);1-3,5-6H,4,7-8H2,(H,13,14);1-5,8H,7H2;1-6H;1-3H2;5*1-2H3;;4*1H/q;;;;;;;;;;+3;;;;/p-3. The summed E-state index contributed by atoms with van der Waals surface area (Å²) < 4.78 is 4.21. The van der Waals surface area contributed by atoms with Gasteiger partial charge in [0.25, 0.3) is 0 Å². The van der Waals surface area contributed by atoms with Gasteiger partial charge in [-0.3, -0.25) is 29.8 Å². The fourth-order valence-electron chi connectivity index (χ4n) is 5.24. The zero-order valence-corrected chi connectivity index (χ0v) is 47.4. The third-order valence-electron chi connectivity index (χ3n) is 7.95. The summed E-state index contributed by atoms with van der Waals surface area (Å²) in [7, 11) is 14.8. The number of ether oxygens (including phenoxy) is 1. The molecule has 11 nitrogen and oxygen atoms in total. The van der Waals surface area contributed by atoms with Crippen LogP contribution in [0.5, 0.6) is 0 Å². The number of hydrogen-bond donors (Lipinski definition) is 5. The molecule has 1 aliphatic rings. The monoisotopic (exact) mass is 1080 g/mol. The number of rotatable bonds is 10. The number of aliphatic carboxylic acids is 2. The van der Waals surface area contributed by atoms with Crippen LogP contribution >= 0.6 is 42.6 Å². The number of anilines is 1. The molecule has 392 valence electrons. The van der Waals surface area contributed by atoms with E-state index in [0.29, 0.717) is 44.1 Å². The number of halogens is 4. The van der Waals surface area contributed by atoms with Crippen LogP contribution in [0.1, 0.15) is 130 Å². The molecule has 2 heterocycles. The summed E-state index contributed by atoms with van der Waals surface area (Å²) in [5.41, 5.74) is 8.35. The molecule has 0 bridgehead atoms. The van der Waals surface area contributed by atoms with Crippen LogP contribution in [0.2, 0.25) is 0 Å². The minimum Gasteiger partial charge on any atom is -0.481 e. The highest BCUT2D eigenvalue weighted by Crippen LogP contribution is 2.31. The van der Waals surface area contributed by atoms with Crippen molar-refractivity contribution in [1.82, 2.24) is 4.98 Å². The molecule has 6 aromatic rings. The number of ketones is 1. The fraction of sp³-hybridized carbons (Fsp3) is 0.327. The number of aryl methyl sites for hydroxylation is 1. The smallest absolute Gasteiger partial charge is 0.481 e. The molecule has 1 aliphatic heterocycles. The first-order valence-corrected chi connectivity index (χ1v) is 29.0. The van der Waals surface area contributed by atoms with Gasteiger partial charge in [0.1, 0.15) is 0 Å². The number of esters is 2. The van der Waals surface area contributed by atoms with Gasteiger partial charge in [0.05, 0.1) is 0 Å². The van der Waals surface area contributed by atoms with Crippen molar-refractivity contribution in [3.63, 3.8) is 0 Å². The highest BCUT2D eigenvalue weighted by atomic mass is 35.8. The lowest BCUT2D eigenvalue weighted by molar-refractivity contribution is -0.163. The Morgan fingerprint density at radius 3 is 1.35 bits per heavy atom. The SMILES string of the molecule is CC.CC.CC.CC.CC.Cl.NNc1ccccc1.O=C(O)CCCC(=O)c1ccccc1.O=C(O)CCc1c(-c2ccccc2)[nH]c2ccccc12.O=C1CCCC(=O)O1.[Cl][Al]([Cl])[Cl].c1ccccc1. The summed E-state index contributed by atoms with van der Waals surface area (Å²) in [4.78, 5) is 56.4. The van der Waals surface area contributed by atoms with Gasteiger partial charge in [0.2, 0.25) is 0 Å². The zero-order chi connectivity index (χ0) is 54.0. The molecule has 0 radical (unpaired) electrons. The van der Waals surface area contributed by atoms with Crippen molar-refractivity contribution in [2.75, 3.05) is 5.43 Å². The summed E-state index contributed by atoms with van der Waals surface area (Å²) in [5, 5.41) is 18.4. The van der Waals surface area contributed by atoms with Crippen LogP contribution in [0, 0.1) is 0 Å². The van der Waals surface area contributed by atoms with Crippen LogP contribution < -0.4 is 11.3 Å². The number of Topliss-reactive ketones (excluding diaryl/α,β-unsaturated/α-hetero) is 1. The highest BCUT2D eigenvalue weighted by molar-refractivity contribution is 7.54. The predicted molar refractivity (Wildman–Crippen MR) is 305 cm³/mol. The third kappa shape index (κ3) is 41.2. The largest absolute Gasteiger partial charge is 0.643 e. The normalized spacial score (nSPS) is 9.72. The molecule has 7 rings (SSSR count). The van der Waals surface area contributed by atoms with Gasteiger partial charge in [-0.2, -0.15) is 0 Å². The molecule has 5 aromatic carbocycles. The Hall–Kier alpha value is -5.16. The minimum atomic E-state index is -1.72. The topological polar surface area (TPSA) is 189 Å². The number of carbonyl (C=O) groups is 5. The quantitative estimate of drug-likeness (QED) is 0.0220. The molecule has 16 heteroatoms. The molecule has 1 saturated heterocycles. The number of carboxylic acids is 2. The van der Waals surface area contributed by atoms with Crippen molar-refractivity contribution in [1.29, 1.82) is 0 Å². The second-order valence-electron chi connectivity index (χ2n) is 12.4. The molecule has 0 spiro atoms. The first-order chi connectivity index (χ1) is 33.9. The molecule has 71 heavy (non-hydrogen) atoms. The molecular formula is C55H78AlCl4N3O8. The zero-order valence-electron chi connectivity index (χ0n) is 43.1. The Kier molecular flexibility index (Phi) is 57.1. The van der Waals surface area contributed by atoms with Gasteiger partial charge in [0.15, 0.2) is 5.78 Å². The summed E-state index contributed by atoms with van der Waals surface area (Å²) in [5.74, 6) is 2.71. The number of carboxylic acid groups (broad SMARTS) is 2. The van der Waals surface area contributed by atoms with Crippen LogP contribution in [0.4, 0.5) is 5.69 Å². The van der Waals surface area contributed by atoms with E-state index >= 15 is 0 Å². The average Bonchev–Trinajstić information content (AvgIpc) is 3.79. The number of nitrogens with one attached hydrogen (secondary N) is 2. The van der Waals surface area contributed by atoms with E-state index in [4.69, 9.17) is 46.2 Å². The molecule has 6 N–H and O–H groups in total. The van der Waals surface area contributed by atoms with E-state index in [1.54, 1.807) is 24.3 Å². The van der Waals surface area contributed by atoms with Crippen LogP contribution in [0.25, 0.3) is 22.2 Å². The predicted octanol–water partition coefficient (Wildman–Crippen LogP) is 16.1. The number of carbonyl (C=O) groups excluding carboxylic acids is 3. The van der Waals surface area contributed by atoms with Gasteiger partial charge in [-0.05, 0) is 48.6 Å². The van der Waals surface area contributed by atoms with E-state index in [-0.39, 0.29) is 43.0 Å². The number of nitrogen functional groups attached to an aromatic ring is 1. The summed E-state index contributed by atoms with van der Waals surface area (Å²) in [6.45, 7) is 20.0. The van der Waals surface area contributed by atoms with E-state index in [1.807, 2.05) is 197 Å². The Bertz CT molecular complexity index is 2110. The van der Waals surface area contributed by atoms with Crippen molar-refractivity contribution in [3.8, 4) is 11.3 Å². The maximum Gasteiger partial charge on any atom is 0.643 e. The Balaban J connectivity index is -0.000000251. The second-order valence-corrected chi connectivity index (χ2v) is 18.9. The maximum atomic E-state index is 11.4.